The summed E-state index contributed by atoms with van der Waals surface area (Å²) < 4.78 is 29.4. The molecule has 8 heteroatoms. The molecular weight excluding hydrogens is 394 g/mol. The van der Waals surface area contributed by atoms with Gasteiger partial charge in [0.2, 0.25) is 5.91 Å². The number of aromatic nitrogens is 1. The lowest BCUT2D eigenvalue weighted by Gasteiger charge is -2.13. The summed E-state index contributed by atoms with van der Waals surface area (Å²) in [5.41, 5.74) is 3.51. The molecule has 0 bridgehead atoms. The second kappa shape index (κ2) is 7.89. The average molecular weight is 418 g/mol. The van der Waals surface area contributed by atoms with Crippen LogP contribution in [-0.2, 0) is 14.8 Å². The lowest BCUT2D eigenvalue weighted by molar-refractivity contribution is -0.116. The van der Waals surface area contributed by atoms with Crippen molar-refractivity contribution >= 4 is 48.3 Å². The number of rotatable bonds is 6. The summed E-state index contributed by atoms with van der Waals surface area (Å²) in [6, 6.07) is 8.90. The number of benzene rings is 2. The predicted molar refractivity (Wildman–Crippen MR) is 115 cm³/mol. The molecule has 0 aliphatic carbocycles. The Bertz CT molecular complexity index is 1130. The van der Waals surface area contributed by atoms with Crippen LogP contribution in [0.25, 0.3) is 10.2 Å². The molecule has 28 heavy (non-hydrogen) atoms. The zero-order valence-corrected chi connectivity index (χ0v) is 17.9. The van der Waals surface area contributed by atoms with E-state index in [0.29, 0.717) is 38.8 Å². The molecule has 0 saturated carbocycles. The molecule has 0 fully saturated rings. The first kappa shape index (κ1) is 20.3. The Morgan fingerprint density at radius 3 is 2.43 bits per heavy atom. The van der Waals surface area contributed by atoms with Gasteiger partial charge in [0.25, 0.3) is 10.0 Å². The topological polar surface area (TPSA) is 88.2 Å². The van der Waals surface area contributed by atoms with Crippen molar-refractivity contribution < 1.29 is 13.2 Å². The second-order valence-electron chi connectivity index (χ2n) is 6.83. The van der Waals surface area contributed by atoms with E-state index in [0.717, 1.165) is 16.7 Å². The van der Waals surface area contributed by atoms with Crippen molar-refractivity contribution in [1.82, 2.24) is 4.98 Å². The van der Waals surface area contributed by atoms with E-state index in [1.807, 2.05) is 26.0 Å². The smallest absolute Gasteiger partial charge is 0.262 e. The van der Waals surface area contributed by atoms with Crippen LogP contribution in [0.15, 0.2) is 35.2 Å². The van der Waals surface area contributed by atoms with Gasteiger partial charge in [-0.3, -0.25) is 9.52 Å². The first-order valence-electron chi connectivity index (χ1n) is 9.00. The largest absolute Gasteiger partial charge is 0.302 e. The summed E-state index contributed by atoms with van der Waals surface area (Å²) in [5, 5.41) is 3.29. The minimum Gasteiger partial charge on any atom is -0.302 e. The molecule has 3 rings (SSSR count). The number of nitrogens with one attached hydrogen (secondary N) is 2. The van der Waals surface area contributed by atoms with Gasteiger partial charge in [-0.15, -0.1) is 0 Å². The molecule has 1 aromatic heterocycles. The maximum absolute atomic E-state index is 12.9. The van der Waals surface area contributed by atoms with Crippen LogP contribution in [0.1, 0.15) is 36.5 Å². The Kier molecular flexibility index (Phi) is 5.71. The highest BCUT2D eigenvalue weighted by molar-refractivity contribution is 7.92. The third-order valence-electron chi connectivity index (χ3n) is 4.24. The van der Waals surface area contributed by atoms with Gasteiger partial charge in [0.1, 0.15) is 0 Å². The van der Waals surface area contributed by atoms with E-state index in [1.165, 1.54) is 11.3 Å². The van der Waals surface area contributed by atoms with Gasteiger partial charge in [-0.25, -0.2) is 13.4 Å². The molecule has 0 saturated heterocycles. The molecule has 0 radical (unpaired) electrons. The second-order valence-corrected chi connectivity index (χ2v) is 9.48. The molecule has 2 aromatic carbocycles. The van der Waals surface area contributed by atoms with E-state index in [2.05, 4.69) is 15.0 Å². The summed E-state index contributed by atoms with van der Waals surface area (Å²) in [4.78, 5) is 16.4. The van der Waals surface area contributed by atoms with Crippen molar-refractivity contribution in [2.24, 2.45) is 0 Å². The van der Waals surface area contributed by atoms with Crippen molar-refractivity contribution in [3.05, 3.63) is 47.0 Å². The number of carbonyl (C=O) groups is 1. The van der Waals surface area contributed by atoms with Crippen LogP contribution in [0.5, 0.6) is 0 Å². The van der Waals surface area contributed by atoms with E-state index >= 15 is 0 Å². The minimum atomic E-state index is -3.72. The van der Waals surface area contributed by atoms with Crippen molar-refractivity contribution in [3.63, 3.8) is 0 Å². The number of nitrogens with zero attached hydrogens (tertiary/aromatic N) is 1. The van der Waals surface area contributed by atoms with E-state index in [9.17, 15) is 13.2 Å². The van der Waals surface area contributed by atoms with Crippen molar-refractivity contribution in [2.45, 2.75) is 45.4 Å². The molecule has 0 atom stereocenters. The highest BCUT2D eigenvalue weighted by Crippen LogP contribution is 2.30. The highest BCUT2D eigenvalue weighted by Gasteiger charge is 2.20. The van der Waals surface area contributed by atoms with Crippen molar-refractivity contribution in [2.75, 3.05) is 10.0 Å². The zero-order valence-electron chi connectivity index (χ0n) is 16.3. The zero-order chi connectivity index (χ0) is 20.5. The van der Waals surface area contributed by atoms with E-state index < -0.39 is 10.0 Å². The van der Waals surface area contributed by atoms with Crippen LogP contribution in [0.4, 0.5) is 10.8 Å². The number of hydrogen-bond donors (Lipinski definition) is 2. The fourth-order valence-corrected chi connectivity index (χ4v) is 5.62. The fraction of sp³-hybridized carbons (Fsp3) is 0.300. The van der Waals surface area contributed by atoms with E-state index in [4.69, 9.17) is 0 Å². The van der Waals surface area contributed by atoms with Gasteiger partial charge in [-0.2, -0.15) is 0 Å². The van der Waals surface area contributed by atoms with Gasteiger partial charge >= 0.3 is 0 Å². The maximum atomic E-state index is 12.9. The van der Waals surface area contributed by atoms with Gasteiger partial charge < -0.3 is 5.32 Å². The lowest BCUT2D eigenvalue weighted by Crippen LogP contribution is -2.15. The van der Waals surface area contributed by atoms with Crippen LogP contribution >= 0.6 is 11.3 Å². The van der Waals surface area contributed by atoms with Gasteiger partial charge in [0.05, 0.1) is 20.8 Å². The number of carbonyl (C=O) groups excluding carboxylic acids is 1. The quantitative estimate of drug-likeness (QED) is 0.605. The van der Waals surface area contributed by atoms with E-state index in [1.54, 1.807) is 32.0 Å². The van der Waals surface area contributed by atoms with Crippen LogP contribution in [0, 0.1) is 20.8 Å². The third-order valence-corrected chi connectivity index (χ3v) is 6.87. The Labute approximate surface area is 169 Å². The third kappa shape index (κ3) is 4.34. The van der Waals surface area contributed by atoms with Crippen LogP contribution in [0.2, 0.25) is 0 Å². The van der Waals surface area contributed by atoms with Gasteiger partial charge in [0, 0.05) is 6.42 Å². The SMILES string of the molecule is CCCC(=O)Nc1nc2cc(NS(=O)(=O)c3c(C)cc(C)cc3C)ccc2s1. The summed E-state index contributed by atoms with van der Waals surface area (Å²) in [5.74, 6) is -0.0761. The standard InChI is InChI=1S/C20H23N3O3S2/c1-5-6-18(24)22-20-21-16-11-15(7-8-17(16)27-20)23-28(25,26)19-13(3)9-12(2)10-14(19)4/h7-11,23H,5-6H2,1-4H3,(H,21,22,24). The monoisotopic (exact) mass is 417 g/mol. The molecule has 3 aromatic rings. The molecule has 0 aliphatic heterocycles. The highest BCUT2D eigenvalue weighted by atomic mass is 32.2. The number of hydrogen-bond acceptors (Lipinski definition) is 5. The van der Waals surface area contributed by atoms with Gasteiger partial charge in [-0.05, 0) is 56.5 Å². The first-order valence-corrected chi connectivity index (χ1v) is 11.3. The lowest BCUT2D eigenvalue weighted by atomic mass is 10.1. The van der Waals surface area contributed by atoms with Crippen molar-refractivity contribution in [3.8, 4) is 0 Å². The number of aryl methyl sites for hydroxylation is 3. The Morgan fingerprint density at radius 1 is 1.11 bits per heavy atom. The molecule has 2 N–H and O–H groups in total. The predicted octanol–water partition coefficient (Wildman–Crippen LogP) is 4.76. The van der Waals surface area contributed by atoms with Gasteiger partial charge in [0.15, 0.2) is 5.13 Å². The Hall–Kier alpha value is -2.45. The molecule has 0 aliphatic rings. The van der Waals surface area contributed by atoms with Crippen LogP contribution in [0.3, 0.4) is 0 Å². The molecular formula is C20H23N3O3S2. The molecule has 1 heterocycles. The number of anilines is 2. The van der Waals surface area contributed by atoms with Crippen molar-refractivity contribution in [1.29, 1.82) is 0 Å². The molecule has 0 spiro atoms. The van der Waals surface area contributed by atoms with E-state index in [-0.39, 0.29) is 5.91 Å². The first-order chi connectivity index (χ1) is 13.2. The van der Waals surface area contributed by atoms with Crippen LogP contribution in [-0.4, -0.2) is 19.3 Å². The molecule has 0 unspecified atom stereocenters. The summed E-state index contributed by atoms with van der Waals surface area (Å²) in [6.07, 6.45) is 1.21. The number of thiazole rings is 1. The number of sulfonamides is 1. The van der Waals surface area contributed by atoms with Gasteiger partial charge in [-0.1, -0.05) is 36.0 Å². The normalized spacial score (nSPS) is 11.6. The number of amides is 1. The minimum absolute atomic E-state index is 0.0761. The summed E-state index contributed by atoms with van der Waals surface area (Å²) in [6.45, 7) is 7.47. The molecule has 1 amide bonds. The summed E-state index contributed by atoms with van der Waals surface area (Å²) in [7, 11) is -3.72. The summed E-state index contributed by atoms with van der Waals surface area (Å²) >= 11 is 1.36. The fourth-order valence-electron chi connectivity index (χ4n) is 3.25. The Morgan fingerprint density at radius 2 is 1.79 bits per heavy atom. The number of fused-ring (bicyclic) bond motifs is 1. The Balaban J connectivity index is 1.89. The van der Waals surface area contributed by atoms with Crippen LogP contribution < -0.4 is 10.0 Å². The average Bonchev–Trinajstić information content (AvgIpc) is 2.94. The maximum Gasteiger partial charge on any atom is 0.262 e. The molecule has 6 nitrogen and oxygen atoms in total. The molecule has 148 valence electrons.